The van der Waals surface area contributed by atoms with E-state index in [0.29, 0.717) is 17.9 Å². The summed E-state index contributed by atoms with van der Waals surface area (Å²) in [6.07, 6.45) is 2.27. The molecule has 2 aromatic rings. The van der Waals surface area contributed by atoms with Crippen LogP contribution in [0.1, 0.15) is 70.7 Å². The van der Waals surface area contributed by atoms with Gasteiger partial charge in [0.2, 0.25) is 0 Å². The quantitative estimate of drug-likeness (QED) is 0.753. The average Bonchev–Trinajstić information content (AvgIpc) is 2.67. The molecule has 0 saturated heterocycles. The Morgan fingerprint density at radius 2 is 1.61 bits per heavy atom. The molecule has 0 saturated carbocycles. The molecule has 0 unspecified atom stereocenters. The Kier molecular flexibility index (Phi) is 3.47. The lowest BCUT2D eigenvalue weighted by atomic mass is 10.0. The average molecular weight is 244 g/mol. The van der Waals surface area contributed by atoms with Gasteiger partial charge in [-0.3, -0.25) is 4.98 Å². The maximum absolute atomic E-state index is 4.88. The van der Waals surface area contributed by atoms with Gasteiger partial charge in [0, 0.05) is 17.9 Å². The van der Waals surface area contributed by atoms with Gasteiger partial charge in [0.25, 0.3) is 0 Å². The summed E-state index contributed by atoms with van der Waals surface area (Å²) in [6, 6.07) is 4.87. The second-order valence-electron chi connectivity index (χ2n) is 6.00. The Morgan fingerprint density at radius 3 is 2.11 bits per heavy atom. The Morgan fingerprint density at radius 1 is 0.944 bits per heavy atom. The molecule has 0 bridgehead atoms. The standard InChI is InChI=1S/C16H24N2/c1-10(2)13-9-18(12(5)6)15-8-7-14(11(3)4)17-16(13)15/h7-12H,1-6H3. The minimum absolute atomic E-state index is 0.478. The summed E-state index contributed by atoms with van der Waals surface area (Å²) in [5, 5.41) is 0. The molecule has 2 heterocycles. The van der Waals surface area contributed by atoms with Gasteiger partial charge >= 0.3 is 0 Å². The van der Waals surface area contributed by atoms with Crippen molar-refractivity contribution in [3.63, 3.8) is 0 Å². The normalized spacial score (nSPS) is 12.3. The van der Waals surface area contributed by atoms with Crippen molar-refractivity contribution in [3.8, 4) is 0 Å². The fraction of sp³-hybridized carbons (Fsp3) is 0.562. The number of pyridine rings is 1. The van der Waals surface area contributed by atoms with Crippen molar-refractivity contribution in [3.05, 3.63) is 29.6 Å². The number of hydrogen-bond acceptors (Lipinski definition) is 1. The van der Waals surface area contributed by atoms with E-state index in [4.69, 9.17) is 4.98 Å². The van der Waals surface area contributed by atoms with Crippen molar-refractivity contribution in [2.75, 3.05) is 0 Å². The van der Waals surface area contributed by atoms with Gasteiger partial charge in [-0.05, 0) is 43.4 Å². The summed E-state index contributed by atoms with van der Waals surface area (Å²) in [5.74, 6) is 0.999. The predicted molar refractivity (Wildman–Crippen MR) is 78.3 cm³/mol. The molecule has 2 rings (SSSR count). The van der Waals surface area contributed by atoms with E-state index in [-0.39, 0.29) is 0 Å². The van der Waals surface area contributed by atoms with Crippen molar-refractivity contribution in [1.29, 1.82) is 0 Å². The zero-order chi connectivity index (χ0) is 13.4. The van der Waals surface area contributed by atoms with E-state index in [1.807, 2.05) is 0 Å². The monoisotopic (exact) mass is 244 g/mol. The number of aromatic nitrogens is 2. The molecule has 0 N–H and O–H groups in total. The minimum atomic E-state index is 0.478. The fourth-order valence-electron chi connectivity index (χ4n) is 2.34. The van der Waals surface area contributed by atoms with E-state index in [0.717, 1.165) is 0 Å². The smallest absolute Gasteiger partial charge is 0.0919 e. The highest BCUT2D eigenvalue weighted by molar-refractivity contribution is 5.80. The molecule has 0 radical (unpaired) electrons. The van der Waals surface area contributed by atoms with Gasteiger partial charge in [0.15, 0.2) is 0 Å². The highest BCUT2D eigenvalue weighted by Crippen LogP contribution is 2.29. The fourth-order valence-corrected chi connectivity index (χ4v) is 2.34. The summed E-state index contributed by atoms with van der Waals surface area (Å²) < 4.78 is 2.34. The molecule has 0 aliphatic heterocycles. The van der Waals surface area contributed by atoms with E-state index in [9.17, 15) is 0 Å². The first kappa shape index (κ1) is 13.1. The second kappa shape index (κ2) is 4.75. The Labute approximate surface area is 110 Å². The first-order valence-corrected chi connectivity index (χ1v) is 6.93. The highest BCUT2D eigenvalue weighted by atomic mass is 15.0. The zero-order valence-corrected chi connectivity index (χ0v) is 12.4. The molecule has 2 aromatic heterocycles. The molecule has 0 aromatic carbocycles. The van der Waals surface area contributed by atoms with Crippen LogP contribution in [0.2, 0.25) is 0 Å². The molecule has 0 amide bonds. The van der Waals surface area contributed by atoms with E-state index in [1.54, 1.807) is 0 Å². The van der Waals surface area contributed by atoms with Crippen molar-refractivity contribution in [2.45, 2.75) is 59.4 Å². The summed E-state index contributed by atoms with van der Waals surface area (Å²) in [5.41, 5.74) is 5.00. The maximum atomic E-state index is 4.88. The van der Waals surface area contributed by atoms with Gasteiger partial charge in [0.05, 0.1) is 11.0 Å². The number of nitrogens with zero attached hydrogens (tertiary/aromatic N) is 2. The molecule has 0 aliphatic rings. The topological polar surface area (TPSA) is 17.8 Å². The Balaban J connectivity index is 2.71. The SMILES string of the molecule is CC(C)c1ccc2c(n1)c(C(C)C)cn2C(C)C. The molecule has 2 heteroatoms. The van der Waals surface area contributed by atoms with Gasteiger partial charge in [-0.2, -0.15) is 0 Å². The van der Waals surface area contributed by atoms with E-state index < -0.39 is 0 Å². The molecule has 18 heavy (non-hydrogen) atoms. The number of rotatable bonds is 3. The minimum Gasteiger partial charge on any atom is -0.343 e. The van der Waals surface area contributed by atoms with Crippen LogP contribution in [0.15, 0.2) is 18.3 Å². The summed E-state index contributed by atoms with van der Waals surface area (Å²) in [4.78, 5) is 4.88. The van der Waals surface area contributed by atoms with Gasteiger partial charge in [-0.1, -0.05) is 27.7 Å². The largest absolute Gasteiger partial charge is 0.343 e. The van der Waals surface area contributed by atoms with E-state index >= 15 is 0 Å². The lowest BCUT2D eigenvalue weighted by Gasteiger charge is -2.09. The van der Waals surface area contributed by atoms with E-state index in [1.165, 1.54) is 22.3 Å². The van der Waals surface area contributed by atoms with Crippen LogP contribution in [0.4, 0.5) is 0 Å². The molecule has 2 nitrogen and oxygen atoms in total. The maximum Gasteiger partial charge on any atom is 0.0919 e. The second-order valence-corrected chi connectivity index (χ2v) is 6.00. The van der Waals surface area contributed by atoms with Crippen LogP contribution in [0, 0.1) is 0 Å². The first-order chi connectivity index (χ1) is 8.41. The summed E-state index contributed by atoms with van der Waals surface area (Å²) >= 11 is 0. The van der Waals surface area contributed by atoms with Crippen molar-refractivity contribution >= 4 is 11.0 Å². The Bertz CT molecular complexity index is 547. The highest BCUT2D eigenvalue weighted by Gasteiger charge is 2.15. The van der Waals surface area contributed by atoms with Gasteiger partial charge in [-0.25, -0.2) is 0 Å². The third-order valence-corrected chi connectivity index (χ3v) is 3.50. The molecular weight excluding hydrogens is 220 g/mol. The molecule has 0 aliphatic carbocycles. The van der Waals surface area contributed by atoms with Crippen LogP contribution in [0.25, 0.3) is 11.0 Å². The van der Waals surface area contributed by atoms with Crippen LogP contribution in [-0.4, -0.2) is 9.55 Å². The van der Waals surface area contributed by atoms with Gasteiger partial charge in [-0.15, -0.1) is 0 Å². The van der Waals surface area contributed by atoms with Gasteiger partial charge < -0.3 is 4.57 Å². The van der Waals surface area contributed by atoms with Crippen LogP contribution < -0.4 is 0 Å². The van der Waals surface area contributed by atoms with E-state index in [2.05, 4.69) is 64.4 Å². The lowest BCUT2D eigenvalue weighted by molar-refractivity contribution is 0.619. The van der Waals surface area contributed by atoms with Crippen LogP contribution in [0.3, 0.4) is 0 Å². The van der Waals surface area contributed by atoms with Crippen LogP contribution in [0.5, 0.6) is 0 Å². The predicted octanol–water partition coefficient (Wildman–Crippen LogP) is 4.86. The van der Waals surface area contributed by atoms with Crippen molar-refractivity contribution in [2.24, 2.45) is 0 Å². The molecular formula is C16H24N2. The van der Waals surface area contributed by atoms with Crippen LogP contribution in [-0.2, 0) is 0 Å². The Hall–Kier alpha value is -1.31. The van der Waals surface area contributed by atoms with Gasteiger partial charge in [0.1, 0.15) is 0 Å². The molecule has 0 atom stereocenters. The van der Waals surface area contributed by atoms with Crippen molar-refractivity contribution in [1.82, 2.24) is 9.55 Å². The summed E-state index contributed by atoms with van der Waals surface area (Å²) in [6.45, 7) is 13.3. The molecule has 0 fully saturated rings. The lowest BCUT2D eigenvalue weighted by Crippen LogP contribution is -1.99. The van der Waals surface area contributed by atoms with Crippen molar-refractivity contribution < 1.29 is 0 Å². The van der Waals surface area contributed by atoms with Crippen LogP contribution >= 0.6 is 0 Å². The third kappa shape index (κ3) is 2.16. The molecule has 98 valence electrons. The number of hydrogen-bond donors (Lipinski definition) is 0. The first-order valence-electron chi connectivity index (χ1n) is 6.93. The summed E-state index contributed by atoms with van der Waals surface area (Å²) in [7, 11) is 0. The third-order valence-electron chi connectivity index (χ3n) is 3.50. The zero-order valence-electron chi connectivity index (χ0n) is 12.4. The molecule has 0 spiro atoms. The number of fused-ring (bicyclic) bond motifs is 1.